The van der Waals surface area contributed by atoms with Gasteiger partial charge >= 0.3 is 0 Å². The van der Waals surface area contributed by atoms with Crippen molar-refractivity contribution in [2.24, 2.45) is 0 Å². The maximum absolute atomic E-state index is 11.3. The summed E-state index contributed by atoms with van der Waals surface area (Å²) in [6.07, 6.45) is 1.18. The molecule has 0 atom stereocenters. The van der Waals surface area contributed by atoms with Crippen LogP contribution in [-0.2, 0) is 16.0 Å². The predicted octanol–water partition coefficient (Wildman–Crippen LogP) is 2.61. The molecule has 0 fully saturated rings. The van der Waals surface area contributed by atoms with Gasteiger partial charge in [0.05, 0.1) is 7.11 Å². The van der Waals surface area contributed by atoms with Crippen LogP contribution >= 0.6 is 15.9 Å². The third-order valence-electron chi connectivity index (χ3n) is 2.23. The Morgan fingerprint density at radius 3 is 2.75 bits per heavy atom. The highest BCUT2D eigenvalue weighted by Gasteiger charge is 2.06. The molecule has 0 aromatic heterocycles. The number of halogens is 1. The van der Waals surface area contributed by atoms with Gasteiger partial charge in [0.1, 0.15) is 12.4 Å². The molecule has 0 saturated carbocycles. The molecule has 0 aliphatic rings. The SMILES string of the molecule is COCC(=O)CCc1cc(OC)ccc1Br. The molecular formula is C12H15BrO3. The van der Waals surface area contributed by atoms with Crippen LogP contribution in [0.15, 0.2) is 22.7 Å². The minimum atomic E-state index is 0.109. The third kappa shape index (κ3) is 3.94. The van der Waals surface area contributed by atoms with E-state index in [0.29, 0.717) is 12.8 Å². The van der Waals surface area contributed by atoms with Crippen LogP contribution in [0.2, 0.25) is 0 Å². The van der Waals surface area contributed by atoms with Gasteiger partial charge in [-0.05, 0) is 30.2 Å². The number of benzene rings is 1. The van der Waals surface area contributed by atoms with Crippen LogP contribution < -0.4 is 4.74 Å². The molecule has 0 heterocycles. The van der Waals surface area contributed by atoms with Crippen molar-refractivity contribution >= 4 is 21.7 Å². The van der Waals surface area contributed by atoms with Crippen LogP contribution in [0.5, 0.6) is 5.75 Å². The van der Waals surface area contributed by atoms with Gasteiger partial charge in [-0.1, -0.05) is 15.9 Å². The minimum Gasteiger partial charge on any atom is -0.497 e. The quantitative estimate of drug-likeness (QED) is 0.806. The van der Waals surface area contributed by atoms with Crippen LogP contribution in [0.3, 0.4) is 0 Å². The first-order valence-corrected chi connectivity index (χ1v) is 5.79. The van der Waals surface area contributed by atoms with Gasteiger partial charge in [0.25, 0.3) is 0 Å². The molecule has 0 amide bonds. The first-order chi connectivity index (χ1) is 7.67. The largest absolute Gasteiger partial charge is 0.497 e. The fourth-order valence-corrected chi connectivity index (χ4v) is 1.82. The second-order valence-corrected chi connectivity index (χ2v) is 4.28. The molecule has 0 radical (unpaired) electrons. The summed E-state index contributed by atoms with van der Waals surface area (Å²) < 4.78 is 10.9. The Balaban J connectivity index is 2.62. The maximum atomic E-state index is 11.3. The first-order valence-electron chi connectivity index (χ1n) is 5.00. The average molecular weight is 287 g/mol. The van der Waals surface area contributed by atoms with Crippen LogP contribution in [0.1, 0.15) is 12.0 Å². The van der Waals surface area contributed by atoms with Crippen molar-refractivity contribution in [3.8, 4) is 5.75 Å². The number of carbonyl (C=O) groups is 1. The molecule has 0 aliphatic heterocycles. The molecule has 0 spiro atoms. The molecule has 0 N–H and O–H groups in total. The highest BCUT2D eigenvalue weighted by Crippen LogP contribution is 2.23. The number of hydrogen-bond donors (Lipinski definition) is 0. The van der Waals surface area contributed by atoms with Crippen LogP contribution in [0.25, 0.3) is 0 Å². The normalized spacial score (nSPS) is 10.2. The topological polar surface area (TPSA) is 35.5 Å². The third-order valence-corrected chi connectivity index (χ3v) is 3.01. The van der Waals surface area contributed by atoms with Crippen molar-refractivity contribution in [2.45, 2.75) is 12.8 Å². The van der Waals surface area contributed by atoms with Gasteiger partial charge < -0.3 is 9.47 Å². The van der Waals surface area contributed by atoms with Crippen molar-refractivity contribution in [1.82, 2.24) is 0 Å². The van der Waals surface area contributed by atoms with Gasteiger partial charge in [-0.2, -0.15) is 0 Å². The van der Waals surface area contributed by atoms with E-state index in [9.17, 15) is 4.79 Å². The minimum absolute atomic E-state index is 0.109. The van der Waals surface area contributed by atoms with E-state index in [1.165, 1.54) is 7.11 Å². The van der Waals surface area contributed by atoms with Crippen molar-refractivity contribution in [1.29, 1.82) is 0 Å². The fourth-order valence-electron chi connectivity index (χ4n) is 1.38. The monoisotopic (exact) mass is 286 g/mol. The Morgan fingerprint density at radius 1 is 1.38 bits per heavy atom. The van der Waals surface area contributed by atoms with E-state index >= 15 is 0 Å². The van der Waals surface area contributed by atoms with E-state index in [1.807, 2.05) is 18.2 Å². The molecule has 1 rings (SSSR count). The lowest BCUT2D eigenvalue weighted by atomic mass is 10.1. The standard InChI is InChI=1S/C12H15BrO3/c1-15-8-10(14)4-3-9-7-11(16-2)5-6-12(9)13/h5-7H,3-4,8H2,1-2H3. The number of Topliss-reactive ketones (excluding diaryl/α,β-unsaturated/α-hetero) is 1. The molecule has 16 heavy (non-hydrogen) atoms. The lowest BCUT2D eigenvalue weighted by Crippen LogP contribution is -2.07. The molecule has 1 aromatic rings. The number of carbonyl (C=O) groups excluding carboxylic acids is 1. The summed E-state index contributed by atoms with van der Waals surface area (Å²) in [4.78, 5) is 11.3. The number of aryl methyl sites for hydroxylation is 1. The number of ketones is 1. The number of methoxy groups -OCH3 is 2. The van der Waals surface area contributed by atoms with Crippen molar-refractivity contribution in [2.75, 3.05) is 20.8 Å². The Labute approximate surface area is 104 Å². The Hall–Kier alpha value is -0.870. The highest BCUT2D eigenvalue weighted by molar-refractivity contribution is 9.10. The molecule has 88 valence electrons. The van der Waals surface area contributed by atoms with E-state index < -0.39 is 0 Å². The summed E-state index contributed by atoms with van der Waals surface area (Å²) in [7, 11) is 3.16. The maximum Gasteiger partial charge on any atom is 0.158 e. The number of ether oxygens (including phenoxy) is 2. The molecule has 3 nitrogen and oxygen atoms in total. The molecule has 0 aliphatic carbocycles. The molecule has 0 saturated heterocycles. The highest BCUT2D eigenvalue weighted by atomic mass is 79.9. The van der Waals surface area contributed by atoms with Gasteiger partial charge in [-0.25, -0.2) is 0 Å². The van der Waals surface area contributed by atoms with Crippen molar-refractivity contribution < 1.29 is 14.3 Å². The number of hydrogen-bond acceptors (Lipinski definition) is 3. The van der Waals surface area contributed by atoms with E-state index in [4.69, 9.17) is 9.47 Å². The lowest BCUT2D eigenvalue weighted by molar-refractivity contribution is -0.122. The first kappa shape index (κ1) is 13.2. The fraction of sp³-hybridized carbons (Fsp3) is 0.417. The summed E-state index contributed by atoms with van der Waals surface area (Å²) in [5, 5.41) is 0. The van der Waals surface area contributed by atoms with Gasteiger partial charge in [0, 0.05) is 18.0 Å². The predicted molar refractivity (Wildman–Crippen MR) is 65.9 cm³/mol. The second-order valence-electron chi connectivity index (χ2n) is 3.43. The summed E-state index contributed by atoms with van der Waals surface area (Å²) in [5.41, 5.74) is 1.07. The zero-order chi connectivity index (χ0) is 12.0. The average Bonchev–Trinajstić information content (AvgIpc) is 2.28. The van der Waals surface area contributed by atoms with Gasteiger partial charge in [-0.15, -0.1) is 0 Å². The Morgan fingerprint density at radius 2 is 2.12 bits per heavy atom. The Kier molecular flexibility index (Phi) is 5.49. The van der Waals surface area contributed by atoms with E-state index in [1.54, 1.807) is 7.11 Å². The van der Waals surface area contributed by atoms with Crippen LogP contribution in [0.4, 0.5) is 0 Å². The summed E-state index contributed by atoms with van der Waals surface area (Å²) in [5.74, 6) is 0.912. The smallest absolute Gasteiger partial charge is 0.158 e. The van der Waals surface area contributed by atoms with Crippen molar-refractivity contribution in [3.05, 3.63) is 28.2 Å². The van der Waals surface area contributed by atoms with E-state index in [0.717, 1.165) is 15.8 Å². The van der Waals surface area contributed by atoms with Gasteiger partial charge in [0.15, 0.2) is 5.78 Å². The van der Waals surface area contributed by atoms with Crippen LogP contribution in [0, 0.1) is 0 Å². The lowest BCUT2D eigenvalue weighted by Gasteiger charge is -2.06. The van der Waals surface area contributed by atoms with Gasteiger partial charge in [0.2, 0.25) is 0 Å². The summed E-state index contributed by atoms with van der Waals surface area (Å²) in [6, 6.07) is 5.74. The molecular weight excluding hydrogens is 272 g/mol. The molecule has 4 heteroatoms. The Bertz CT molecular complexity index is 363. The zero-order valence-corrected chi connectivity index (χ0v) is 11.0. The summed E-state index contributed by atoms with van der Waals surface area (Å²) >= 11 is 3.45. The summed E-state index contributed by atoms with van der Waals surface area (Å²) in [6.45, 7) is 0.182. The second kappa shape index (κ2) is 6.66. The van der Waals surface area contributed by atoms with E-state index in [2.05, 4.69) is 15.9 Å². The molecule has 1 aromatic carbocycles. The molecule has 0 bridgehead atoms. The van der Waals surface area contributed by atoms with Gasteiger partial charge in [-0.3, -0.25) is 4.79 Å². The van der Waals surface area contributed by atoms with Crippen molar-refractivity contribution in [3.63, 3.8) is 0 Å². The number of rotatable bonds is 6. The van der Waals surface area contributed by atoms with E-state index in [-0.39, 0.29) is 12.4 Å². The zero-order valence-electron chi connectivity index (χ0n) is 9.46. The molecule has 0 unspecified atom stereocenters. The van der Waals surface area contributed by atoms with Crippen LogP contribution in [-0.4, -0.2) is 26.6 Å².